The summed E-state index contributed by atoms with van der Waals surface area (Å²) in [4.78, 5) is 16.9. The topological polar surface area (TPSA) is 98.2 Å². The van der Waals surface area contributed by atoms with E-state index >= 15 is 0 Å². The van der Waals surface area contributed by atoms with Crippen LogP contribution in [0.3, 0.4) is 0 Å². The second-order valence-corrected chi connectivity index (χ2v) is 7.48. The van der Waals surface area contributed by atoms with Crippen molar-refractivity contribution in [3.63, 3.8) is 0 Å². The molecule has 8 nitrogen and oxygen atoms in total. The molecule has 0 radical (unpaired) electrons. The molecule has 1 saturated carbocycles. The van der Waals surface area contributed by atoms with Crippen LogP contribution in [0.25, 0.3) is 17.1 Å². The number of amides is 1. The second kappa shape index (κ2) is 7.29. The largest absolute Gasteiger partial charge is 0.352 e. The molecule has 1 fully saturated rings. The molecule has 0 spiro atoms. The third kappa shape index (κ3) is 3.71. The molecule has 1 N–H and O–H groups in total. The highest BCUT2D eigenvalue weighted by Gasteiger charge is 2.29. The Morgan fingerprint density at radius 2 is 2.03 bits per heavy atom. The first kappa shape index (κ1) is 17.8. The van der Waals surface area contributed by atoms with E-state index in [1.54, 1.807) is 16.5 Å². The van der Waals surface area contributed by atoms with Crippen LogP contribution in [0.2, 0.25) is 5.02 Å². The molecule has 3 heterocycles. The van der Waals surface area contributed by atoms with Crippen LogP contribution in [0.1, 0.15) is 36.0 Å². The molecule has 1 aromatic carbocycles. The minimum atomic E-state index is -0.145. The van der Waals surface area contributed by atoms with Gasteiger partial charge in [0.15, 0.2) is 11.5 Å². The summed E-state index contributed by atoms with van der Waals surface area (Å²) in [5.74, 6) is 1.96. The van der Waals surface area contributed by atoms with Crippen LogP contribution < -0.4 is 5.32 Å². The van der Waals surface area contributed by atoms with Crippen molar-refractivity contribution in [3.05, 3.63) is 64.8 Å². The maximum absolute atomic E-state index is 12.4. The van der Waals surface area contributed by atoms with E-state index in [-0.39, 0.29) is 12.3 Å². The number of fused-ring (bicyclic) bond motifs is 1. The second-order valence-electron chi connectivity index (χ2n) is 7.04. The van der Waals surface area contributed by atoms with Crippen molar-refractivity contribution >= 4 is 23.2 Å². The van der Waals surface area contributed by atoms with Crippen LogP contribution in [0.5, 0.6) is 0 Å². The predicted octanol–water partition coefficient (Wildman–Crippen LogP) is 3.17. The van der Waals surface area contributed by atoms with E-state index in [1.807, 2.05) is 30.5 Å². The Morgan fingerprint density at radius 1 is 1.21 bits per heavy atom. The number of pyridine rings is 1. The minimum Gasteiger partial charge on any atom is -0.352 e. The highest BCUT2D eigenvalue weighted by atomic mass is 35.5. The summed E-state index contributed by atoms with van der Waals surface area (Å²) in [6, 6.07) is 11.1. The molecule has 0 unspecified atom stereocenters. The molecule has 9 heteroatoms. The fraction of sp³-hybridized carbons (Fsp3) is 0.250. The fourth-order valence-corrected chi connectivity index (χ4v) is 3.24. The lowest BCUT2D eigenvalue weighted by molar-refractivity contribution is -0.120. The van der Waals surface area contributed by atoms with E-state index in [0.717, 1.165) is 24.2 Å². The van der Waals surface area contributed by atoms with Gasteiger partial charge in [-0.3, -0.25) is 9.20 Å². The summed E-state index contributed by atoms with van der Waals surface area (Å²) in [6.07, 6.45) is 4.13. The molecule has 1 aliphatic carbocycles. The van der Waals surface area contributed by atoms with Gasteiger partial charge in [0.2, 0.25) is 5.91 Å². The van der Waals surface area contributed by atoms with Crippen LogP contribution in [-0.2, 0) is 17.8 Å². The van der Waals surface area contributed by atoms with Gasteiger partial charge < -0.3 is 9.84 Å². The van der Waals surface area contributed by atoms with Crippen molar-refractivity contribution in [2.24, 2.45) is 0 Å². The molecule has 4 aromatic rings. The Balaban J connectivity index is 1.32. The Kier molecular flexibility index (Phi) is 4.48. The monoisotopic (exact) mass is 408 g/mol. The van der Waals surface area contributed by atoms with Gasteiger partial charge in [-0.2, -0.15) is 4.98 Å². The molecular formula is C20H17ClN6O2. The van der Waals surface area contributed by atoms with E-state index in [2.05, 4.69) is 25.7 Å². The molecule has 0 atom stereocenters. The van der Waals surface area contributed by atoms with Gasteiger partial charge in [0, 0.05) is 23.7 Å². The Hall–Kier alpha value is -3.26. The number of hydrogen-bond acceptors (Lipinski definition) is 6. The number of nitrogens with zero attached hydrogens (tertiary/aromatic N) is 5. The highest BCUT2D eigenvalue weighted by molar-refractivity contribution is 6.30. The average molecular weight is 409 g/mol. The molecular weight excluding hydrogens is 392 g/mol. The zero-order valence-corrected chi connectivity index (χ0v) is 16.1. The van der Waals surface area contributed by atoms with Gasteiger partial charge >= 0.3 is 0 Å². The summed E-state index contributed by atoms with van der Waals surface area (Å²) in [5.41, 5.74) is 2.25. The summed E-state index contributed by atoms with van der Waals surface area (Å²) >= 11 is 5.88. The van der Waals surface area contributed by atoms with Crippen LogP contribution in [0.15, 0.2) is 47.1 Å². The Labute approximate surface area is 170 Å². The molecule has 5 rings (SSSR count). The lowest BCUT2D eigenvalue weighted by atomic mass is 10.2. The molecule has 0 bridgehead atoms. The number of nitrogens with one attached hydrogen (secondary N) is 1. The molecule has 146 valence electrons. The van der Waals surface area contributed by atoms with E-state index in [0.29, 0.717) is 40.4 Å². The highest BCUT2D eigenvalue weighted by Crippen LogP contribution is 2.39. The van der Waals surface area contributed by atoms with Gasteiger partial charge in [0.25, 0.3) is 5.89 Å². The summed E-state index contributed by atoms with van der Waals surface area (Å²) in [7, 11) is 0. The molecule has 0 aliphatic heterocycles. The number of benzene rings is 1. The zero-order valence-electron chi connectivity index (χ0n) is 15.4. The number of hydrogen-bond donors (Lipinski definition) is 1. The van der Waals surface area contributed by atoms with E-state index in [4.69, 9.17) is 16.1 Å². The van der Waals surface area contributed by atoms with Gasteiger partial charge in [0.1, 0.15) is 5.82 Å². The van der Waals surface area contributed by atoms with Crippen molar-refractivity contribution in [2.75, 3.05) is 0 Å². The van der Waals surface area contributed by atoms with Crippen LogP contribution in [0, 0.1) is 0 Å². The number of aromatic nitrogens is 5. The van der Waals surface area contributed by atoms with Crippen LogP contribution >= 0.6 is 11.6 Å². The first-order valence-corrected chi connectivity index (χ1v) is 9.73. The van der Waals surface area contributed by atoms with Crippen LogP contribution in [0.4, 0.5) is 0 Å². The van der Waals surface area contributed by atoms with E-state index in [1.165, 1.54) is 0 Å². The first-order valence-electron chi connectivity index (χ1n) is 9.35. The number of rotatable bonds is 6. The Bertz CT molecular complexity index is 1180. The van der Waals surface area contributed by atoms with Gasteiger partial charge in [-0.05, 0) is 42.7 Å². The maximum Gasteiger partial charge on any atom is 0.261 e. The lowest BCUT2D eigenvalue weighted by Crippen LogP contribution is -2.25. The zero-order chi connectivity index (χ0) is 19.8. The molecule has 1 amide bonds. The summed E-state index contributed by atoms with van der Waals surface area (Å²) in [6.45, 7) is 0.421. The van der Waals surface area contributed by atoms with Crippen LogP contribution in [-0.4, -0.2) is 30.6 Å². The third-order valence-corrected chi connectivity index (χ3v) is 5.09. The molecule has 3 aromatic heterocycles. The van der Waals surface area contributed by atoms with Crippen molar-refractivity contribution in [1.82, 2.24) is 30.1 Å². The normalized spacial score (nSPS) is 13.7. The van der Waals surface area contributed by atoms with Gasteiger partial charge in [-0.25, -0.2) is 0 Å². The van der Waals surface area contributed by atoms with Crippen molar-refractivity contribution in [2.45, 2.75) is 31.7 Å². The molecule has 0 saturated heterocycles. The third-order valence-electron chi connectivity index (χ3n) is 4.84. The van der Waals surface area contributed by atoms with E-state index in [9.17, 15) is 4.79 Å². The van der Waals surface area contributed by atoms with Gasteiger partial charge in [-0.15, -0.1) is 10.2 Å². The predicted molar refractivity (Wildman–Crippen MR) is 105 cm³/mol. The number of carbonyl (C=O) groups excluding carboxylic acids is 1. The van der Waals surface area contributed by atoms with E-state index < -0.39 is 0 Å². The molecule has 1 aliphatic rings. The van der Waals surface area contributed by atoms with Crippen molar-refractivity contribution in [3.8, 4) is 11.5 Å². The van der Waals surface area contributed by atoms with Gasteiger partial charge in [0.05, 0.1) is 12.0 Å². The molecule has 29 heavy (non-hydrogen) atoms. The number of halogens is 1. The summed E-state index contributed by atoms with van der Waals surface area (Å²) in [5, 5.41) is 16.0. The number of carbonyl (C=O) groups is 1. The fourth-order valence-electron chi connectivity index (χ4n) is 3.11. The Morgan fingerprint density at radius 3 is 2.83 bits per heavy atom. The van der Waals surface area contributed by atoms with Crippen molar-refractivity contribution < 1.29 is 9.32 Å². The standard InChI is InChI=1S/C20H17ClN6O2/c21-14-7-3-12(4-8-14)11-22-17(28)10-16-24-25-19-15(2-1-9-27(16)19)20-23-18(26-29-20)13-5-6-13/h1-4,7-9,13H,5-6,10-11H2,(H,22,28). The SMILES string of the molecule is O=C(Cc1nnc2c(-c3nc(C4CC4)no3)cccn12)NCc1ccc(Cl)cc1. The smallest absolute Gasteiger partial charge is 0.261 e. The quantitative estimate of drug-likeness (QED) is 0.526. The average Bonchev–Trinajstić information content (AvgIpc) is 3.33. The first-order chi connectivity index (χ1) is 14.2. The van der Waals surface area contributed by atoms with Crippen molar-refractivity contribution in [1.29, 1.82) is 0 Å². The van der Waals surface area contributed by atoms with Gasteiger partial charge in [-0.1, -0.05) is 28.9 Å². The minimum absolute atomic E-state index is 0.107. The lowest BCUT2D eigenvalue weighted by Gasteiger charge is -2.05. The maximum atomic E-state index is 12.4. The summed E-state index contributed by atoms with van der Waals surface area (Å²) < 4.78 is 7.19.